The van der Waals surface area contributed by atoms with E-state index in [4.69, 9.17) is 17.3 Å². The Hall–Kier alpha value is -1.27. The largest absolute Gasteiger partial charge is 0.397 e. The van der Waals surface area contributed by atoms with Crippen LogP contribution in [0.5, 0.6) is 0 Å². The van der Waals surface area contributed by atoms with Crippen LogP contribution in [-0.2, 0) is 14.6 Å². The highest BCUT2D eigenvalue weighted by Crippen LogP contribution is 2.25. The first-order valence-corrected chi connectivity index (χ1v) is 9.04. The van der Waals surface area contributed by atoms with Crippen LogP contribution in [0.3, 0.4) is 0 Å². The maximum atomic E-state index is 12.2. The number of nitrogens with two attached hydrogens (primary N) is 1. The summed E-state index contributed by atoms with van der Waals surface area (Å²) < 4.78 is 24.4. The maximum absolute atomic E-state index is 12.2. The van der Waals surface area contributed by atoms with Crippen molar-refractivity contribution >= 4 is 38.7 Å². The summed E-state index contributed by atoms with van der Waals surface area (Å²) in [7, 11) is -3.40. The topological polar surface area (TPSA) is 89.3 Å². The van der Waals surface area contributed by atoms with Crippen LogP contribution in [0.4, 0.5) is 11.4 Å². The lowest BCUT2D eigenvalue weighted by molar-refractivity contribution is -0.113. The van der Waals surface area contributed by atoms with Crippen molar-refractivity contribution in [2.45, 2.75) is 37.4 Å². The summed E-state index contributed by atoms with van der Waals surface area (Å²) >= 11 is 5.77. The molecule has 1 aliphatic rings. The molecule has 21 heavy (non-hydrogen) atoms. The van der Waals surface area contributed by atoms with Gasteiger partial charge in [0.1, 0.15) is 5.75 Å². The summed E-state index contributed by atoms with van der Waals surface area (Å²) in [6.45, 7) is 0. The summed E-state index contributed by atoms with van der Waals surface area (Å²) in [6, 6.07) is 4.65. The van der Waals surface area contributed by atoms with Crippen LogP contribution < -0.4 is 11.1 Å². The number of benzene rings is 1. The van der Waals surface area contributed by atoms with Crippen molar-refractivity contribution in [1.82, 2.24) is 0 Å². The number of nitrogen functional groups attached to an aromatic ring is 1. The Morgan fingerprint density at radius 1 is 1.29 bits per heavy atom. The minimum absolute atomic E-state index is 0.311. The van der Waals surface area contributed by atoms with Gasteiger partial charge in [0.05, 0.1) is 16.6 Å². The number of anilines is 2. The lowest BCUT2D eigenvalue weighted by Gasteiger charge is -2.21. The van der Waals surface area contributed by atoms with Crippen LogP contribution in [0, 0.1) is 0 Å². The molecule has 0 bridgehead atoms. The van der Waals surface area contributed by atoms with Crippen molar-refractivity contribution in [1.29, 1.82) is 0 Å². The van der Waals surface area contributed by atoms with Gasteiger partial charge >= 0.3 is 0 Å². The Labute approximate surface area is 129 Å². The van der Waals surface area contributed by atoms with E-state index in [1.54, 1.807) is 12.1 Å². The molecule has 0 radical (unpaired) electrons. The van der Waals surface area contributed by atoms with Crippen LogP contribution in [0.2, 0.25) is 5.02 Å². The third kappa shape index (κ3) is 4.35. The molecule has 0 aromatic heterocycles. The molecule has 0 saturated heterocycles. The van der Waals surface area contributed by atoms with E-state index in [9.17, 15) is 13.2 Å². The molecule has 0 atom stereocenters. The predicted octanol–water partition coefficient (Wildman–Crippen LogP) is 2.61. The van der Waals surface area contributed by atoms with Gasteiger partial charge in [0, 0.05) is 5.02 Å². The molecule has 1 fully saturated rings. The quantitative estimate of drug-likeness (QED) is 0.830. The van der Waals surface area contributed by atoms with E-state index in [0.29, 0.717) is 29.2 Å². The van der Waals surface area contributed by atoms with Gasteiger partial charge in [-0.3, -0.25) is 4.79 Å². The number of sulfone groups is 1. The van der Waals surface area contributed by atoms with E-state index in [2.05, 4.69) is 5.32 Å². The van der Waals surface area contributed by atoms with Crippen molar-refractivity contribution in [3.63, 3.8) is 0 Å². The third-order valence-electron chi connectivity index (χ3n) is 3.68. The molecule has 3 N–H and O–H groups in total. The van der Waals surface area contributed by atoms with Gasteiger partial charge in [-0.2, -0.15) is 0 Å². The number of hydrogen-bond acceptors (Lipinski definition) is 4. The molecule has 1 amide bonds. The van der Waals surface area contributed by atoms with Crippen LogP contribution in [0.25, 0.3) is 0 Å². The van der Waals surface area contributed by atoms with E-state index < -0.39 is 21.5 Å². The average molecular weight is 331 g/mol. The standard InChI is InChI=1S/C14H19ClN2O3S/c15-10-6-7-13(12(16)8-10)17-14(18)9-21(19,20)11-4-2-1-3-5-11/h6-8,11H,1-5,9,16H2,(H,17,18). The molecule has 1 aliphatic carbocycles. The van der Waals surface area contributed by atoms with Gasteiger partial charge in [0.2, 0.25) is 5.91 Å². The Bertz CT molecular complexity index is 625. The van der Waals surface area contributed by atoms with Crippen LogP contribution in [0.15, 0.2) is 18.2 Å². The minimum atomic E-state index is -3.40. The number of rotatable bonds is 4. The molecule has 1 aromatic rings. The summed E-state index contributed by atoms with van der Waals surface area (Å²) in [5.74, 6) is -1.06. The summed E-state index contributed by atoms with van der Waals surface area (Å²) in [6.07, 6.45) is 4.20. The second-order valence-corrected chi connectivity index (χ2v) is 8.06. The molecular formula is C14H19ClN2O3S. The highest BCUT2D eigenvalue weighted by atomic mass is 35.5. The zero-order chi connectivity index (χ0) is 15.5. The van der Waals surface area contributed by atoms with Crippen molar-refractivity contribution in [2.24, 2.45) is 0 Å². The second-order valence-electron chi connectivity index (χ2n) is 5.35. The van der Waals surface area contributed by atoms with Crippen LogP contribution in [-0.4, -0.2) is 25.3 Å². The molecule has 2 rings (SSSR count). The monoisotopic (exact) mass is 330 g/mol. The van der Waals surface area contributed by atoms with Gasteiger partial charge in [0.15, 0.2) is 9.84 Å². The number of halogens is 1. The molecule has 0 heterocycles. The average Bonchev–Trinajstić information content (AvgIpc) is 2.42. The number of amides is 1. The number of hydrogen-bond donors (Lipinski definition) is 2. The highest BCUT2D eigenvalue weighted by molar-refractivity contribution is 7.92. The Morgan fingerprint density at radius 3 is 2.57 bits per heavy atom. The third-order valence-corrected chi connectivity index (χ3v) is 6.07. The van der Waals surface area contributed by atoms with Crippen molar-refractivity contribution in [2.75, 3.05) is 16.8 Å². The van der Waals surface area contributed by atoms with Crippen molar-refractivity contribution < 1.29 is 13.2 Å². The van der Waals surface area contributed by atoms with E-state index in [0.717, 1.165) is 19.3 Å². The van der Waals surface area contributed by atoms with E-state index in [-0.39, 0.29) is 5.25 Å². The lowest BCUT2D eigenvalue weighted by atomic mass is 10.0. The zero-order valence-corrected chi connectivity index (χ0v) is 13.2. The first kappa shape index (κ1) is 16.1. The zero-order valence-electron chi connectivity index (χ0n) is 11.6. The fourth-order valence-corrected chi connectivity index (χ4v) is 4.46. The van der Waals surface area contributed by atoms with E-state index in [1.165, 1.54) is 6.07 Å². The Kier molecular flexibility index (Phi) is 5.11. The van der Waals surface area contributed by atoms with E-state index >= 15 is 0 Å². The van der Waals surface area contributed by atoms with Gasteiger partial charge in [-0.15, -0.1) is 0 Å². The molecular weight excluding hydrogens is 312 g/mol. The fourth-order valence-electron chi connectivity index (χ4n) is 2.56. The molecule has 5 nitrogen and oxygen atoms in total. The molecule has 0 unspecified atom stereocenters. The normalized spacial score (nSPS) is 16.6. The summed E-state index contributed by atoms with van der Waals surface area (Å²) in [4.78, 5) is 11.9. The van der Waals surface area contributed by atoms with Crippen LogP contribution in [0.1, 0.15) is 32.1 Å². The smallest absolute Gasteiger partial charge is 0.239 e. The number of carbonyl (C=O) groups excluding carboxylic acids is 1. The Morgan fingerprint density at radius 2 is 1.95 bits per heavy atom. The van der Waals surface area contributed by atoms with Gasteiger partial charge in [-0.25, -0.2) is 8.42 Å². The highest BCUT2D eigenvalue weighted by Gasteiger charge is 2.29. The summed E-state index contributed by atoms with van der Waals surface area (Å²) in [5.41, 5.74) is 6.42. The maximum Gasteiger partial charge on any atom is 0.239 e. The number of nitrogens with one attached hydrogen (secondary N) is 1. The molecule has 1 aromatic carbocycles. The fraction of sp³-hybridized carbons (Fsp3) is 0.500. The second kappa shape index (κ2) is 6.66. The molecule has 1 saturated carbocycles. The first-order valence-electron chi connectivity index (χ1n) is 6.95. The van der Waals surface area contributed by atoms with Crippen LogP contribution >= 0.6 is 11.6 Å². The van der Waals surface area contributed by atoms with Gasteiger partial charge in [-0.05, 0) is 31.0 Å². The molecule has 116 valence electrons. The Balaban J connectivity index is 2.00. The lowest BCUT2D eigenvalue weighted by Crippen LogP contribution is -2.32. The van der Waals surface area contributed by atoms with E-state index in [1.807, 2.05) is 0 Å². The summed E-state index contributed by atoms with van der Waals surface area (Å²) in [5, 5.41) is 2.60. The predicted molar refractivity (Wildman–Crippen MR) is 85.2 cm³/mol. The first-order chi connectivity index (χ1) is 9.88. The van der Waals surface area contributed by atoms with Crippen molar-refractivity contribution in [3.05, 3.63) is 23.2 Å². The molecule has 0 aliphatic heterocycles. The van der Waals surface area contributed by atoms with Crippen molar-refractivity contribution in [3.8, 4) is 0 Å². The SMILES string of the molecule is Nc1cc(Cl)ccc1NC(=O)CS(=O)(=O)C1CCCCC1. The van der Waals surface area contributed by atoms with Gasteiger partial charge in [-0.1, -0.05) is 30.9 Å². The minimum Gasteiger partial charge on any atom is -0.397 e. The molecule has 0 spiro atoms. The van der Waals surface area contributed by atoms with Gasteiger partial charge in [0.25, 0.3) is 0 Å². The molecule has 7 heteroatoms. The van der Waals surface area contributed by atoms with Gasteiger partial charge < -0.3 is 11.1 Å². The number of carbonyl (C=O) groups is 1.